The average molecular weight is 698 g/mol. The van der Waals surface area contributed by atoms with Crippen molar-refractivity contribution in [3.05, 3.63) is 200 Å². The Balaban J connectivity index is 1.15. The molecule has 0 N–H and O–H groups in total. The molecule has 9 aromatic carbocycles. The number of rotatable bonds is 6. The van der Waals surface area contributed by atoms with Gasteiger partial charge in [-0.15, -0.1) is 11.3 Å². The first-order valence-electron chi connectivity index (χ1n) is 17.9. The van der Waals surface area contributed by atoms with Crippen LogP contribution in [0.1, 0.15) is 0 Å². The van der Waals surface area contributed by atoms with Crippen LogP contribution < -0.4 is 4.90 Å². The number of hydrogen-bond acceptors (Lipinski definition) is 2. The van der Waals surface area contributed by atoms with Crippen molar-refractivity contribution >= 4 is 70.1 Å². The number of nitrogens with zero attached hydrogens (tertiary/aromatic N) is 1. The molecule has 0 aliphatic heterocycles. The molecule has 0 amide bonds. The van der Waals surface area contributed by atoms with Gasteiger partial charge in [-0.3, -0.25) is 0 Å². The van der Waals surface area contributed by atoms with E-state index in [0.717, 1.165) is 55.7 Å². The van der Waals surface area contributed by atoms with Gasteiger partial charge in [0, 0.05) is 37.1 Å². The molecule has 0 saturated carbocycles. The van der Waals surface area contributed by atoms with Gasteiger partial charge in [-0.25, -0.2) is 4.39 Å². The smallest absolute Gasteiger partial charge is 0.123 e. The molecule has 0 unspecified atom stereocenters. The summed E-state index contributed by atoms with van der Waals surface area (Å²) in [6.45, 7) is 0. The fourth-order valence-corrected chi connectivity index (χ4v) is 8.96. The summed E-state index contributed by atoms with van der Waals surface area (Å²) >= 11 is 1.84. The molecule has 250 valence electrons. The molecule has 3 heteroatoms. The van der Waals surface area contributed by atoms with Crippen molar-refractivity contribution < 1.29 is 4.39 Å². The van der Waals surface area contributed by atoms with E-state index in [1.54, 1.807) is 12.1 Å². The lowest BCUT2D eigenvalue weighted by atomic mass is 9.91. The van der Waals surface area contributed by atoms with Crippen molar-refractivity contribution in [1.82, 2.24) is 0 Å². The van der Waals surface area contributed by atoms with Crippen LogP contribution in [0.5, 0.6) is 0 Å². The van der Waals surface area contributed by atoms with Crippen molar-refractivity contribution in [2.24, 2.45) is 0 Å². The standard InChI is InChI=1S/C50H32FNS/c51-39-15-7-14-37(31-39)44-19-9-13-35-12-8-18-43(50(35)44)34-24-26-40(27-25-34)52(41-28-29-46-45-17-4-6-21-48(45)53-49(46)32-41)47-20-5-3-16-42(47)38-23-22-33-10-1-2-11-36(33)30-38/h1-32H. The maximum absolute atomic E-state index is 14.4. The van der Waals surface area contributed by atoms with E-state index in [1.165, 1.54) is 42.6 Å². The summed E-state index contributed by atoms with van der Waals surface area (Å²) in [6, 6.07) is 67.9. The summed E-state index contributed by atoms with van der Waals surface area (Å²) in [6.07, 6.45) is 0. The Bertz CT molecular complexity index is 2970. The summed E-state index contributed by atoms with van der Waals surface area (Å²) in [5.74, 6) is -0.237. The average Bonchev–Trinajstić information content (AvgIpc) is 3.59. The number of thiophene rings is 1. The van der Waals surface area contributed by atoms with Gasteiger partial charge < -0.3 is 4.90 Å². The zero-order chi connectivity index (χ0) is 35.3. The fraction of sp³-hybridized carbons (Fsp3) is 0. The summed E-state index contributed by atoms with van der Waals surface area (Å²) < 4.78 is 17.0. The van der Waals surface area contributed by atoms with E-state index < -0.39 is 0 Å². The predicted molar refractivity (Wildman–Crippen MR) is 225 cm³/mol. The molecule has 1 nitrogen and oxygen atoms in total. The molecule has 10 rings (SSSR count). The van der Waals surface area contributed by atoms with Gasteiger partial charge >= 0.3 is 0 Å². The lowest BCUT2D eigenvalue weighted by Crippen LogP contribution is -2.11. The Labute approximate surface area is 311 Å². The molecular formula is C50H32FNS. The van der Waals surface area contributed by atoms with Gasteiger partial charge in [0.25, 0.3) is 0 Å². The highest BCUT2D eigenvalue weighted by Crippen LogP contribution is 2.45. The van der Waals surface area contributed by atoms with Crippen molar-refractivity contribution in [1.29, 1.82) is 0 Å². The quantitative estimate of drug-likeness (QED) is 0.167. The van der Waals surface area contributed by atoms with Crippen LogP contribution in [0.2, 0.25) is 0 Å². The largest absolute Gasteiger partial charge is 0.310 e. The number of halogens is 1. The second-order valence-corrected chi connectivity index (χ2v) is 14.5. The van der Waals surface area contributed by atoms with Crippen LogP contribution in [0.25, 0.3) is 75.1 Å². The molecule has 0 bridgehead atoms. The molecule has 53 heavy (non-hydrogen) atoms. The van der Waals surface area contributed by atoms with Gasteiger partial charge in [-0.1, -0.05) is 140 Å². The van der Waals surface area contributed by atoms with Crippen LogP contribution in [0.4, 0.5) is 21.5 Å². The van der Waals surface area contributed by atoms with Crippen LogP contribution in [0.3, 0.4) is 0 Å². The van der Waals surface area contributed by atoms with Gasteiger partial charge in [0.1, 0.15) is 5.82 Å². The van der Waals surface area contributed by atoms with Crippen LogP contribution >= 0.6 is 11.3 Å². The van der Waals surface area contributed by atoms with Gasteiger partial charge in [0.15, 0.2) is 0 Å². The van der Waals surface area contributed by atoms with Crippen molar-refractivity contribution in [3.8, 4) is 33.4 Å². The third kappa shape index (κ3) is 5.54. The predicted octanol–water partition coefficient (Wildman–Crippen LogP) is 15.0. The molecule has 0 radical (unpaired) electrons. The zero-order valence-electron chi connectivity index (χ0n) is 28.7. The van der Waals surface area contributed by atoms with Gasteiger partial charge in [0.05, 0.1) is 5.69 Å². The second kappa shape index (κ2) is 12.9. The van der Waals surface area contributed by atoms with Crippen LogP contribution in [0, 0.1) is 5.82 Å². The first kappa shape index (κ1) is 31.2. The van der Waals surface area contributed by atoms with Crippen LogP contribution in [-0.4, -0.2) is 0 Å². The van der Waals surface area contributed by atoms with E-state index in [9.17, 15) is 4.39 Å². The maximum atomic E-state index is 14.4. The first-order valence-corrected chi connectivity index (χ1v) is 18.7. The highest BCUT2D eigenvalue weighted by atomic mass is 32.1. The van der Waals surface area contributed by atoms with E-state index in [1.807, 2.05) is 23.5 Å². The van der Waals surface area contributed by atoms with Crippen LogP contribution in [-0.2, 0) is 0 Å². The molecule has 0 fully saturated rings. The summed E-state index contributed by atoms with van der Waals surface area (Å²) in [5, 5.41) is 7.25. The highest BCUT2D eigenvalue weighted by molar-refractivity contribution is 7.25. The lowest BCUT2D eigenvalue weighted by molar-refractivity contribution is 0.628. The molecule has 1 heterocycles. The Morgan fingerprint density at radius 2 is 1.00 bits per heavy atom. The number of fused-ring (bicyclic) bond motifs is 5. The zero-order valence-corrected chi connectivity index (χ0v) is 29.5. The minimum atomic E-state index is -0.237. The molecule has 0 saturated heterocycles. The Morgan fingerprint density at radius 1 is 0.377 bits per heavy atom. The minimum Gasteiger partial charge on any atom is -0.310 e. The maximum Gasteiger partial charge on any atom is 0.123 e. The SMILES string of the molecule is Fc1cccc(-c2cccc3cccc(-c4ccc(N(c5ccc6c(c5)sc5ccccc56)c5ccccc5-c5ccc6ccccc6c5)cc4)c23)c1. The van der Waals surface area contributed by atoms with Crippen LogP contribution in [0.15, 0.2) is 194 Å². The number of anilines is 3. The molecule has 0 atom stereocenters. The van der Waals surface area contributed by atoms with Crippen molar-refractivity contribution in [3.63, 3.8) is 0 Å². The summed E-state index contributed by atoms with van der Waals surface area (Å²) in [7, 11) is 0. The summed E-state index contributed by atoms with van der Waals surface area (Å²) in [5.41, 5.74) is 9.70. The third-order valence-electron chi connectivity index (χ3n) is 10.3. The third-order valence-corrected chi connectivity index (χ3v) is 11.4. The second-order valence-electron chi connectivity index (χ2n) is 13.5. The normalized spacial score (nSPS) is 11.5. The molecular weight excluding hydrogens is 666 g/mol. The highest BCUT2D eigenvalue weighted by Gasteiger charge is 2.19. The molecule has 0 aliphatic carbocycles. The topological polar surface area (TPSA) is 3.24 Å². The molecule has 0 aliphatic rings. The Kier molecular flexibility index (Phi) is 7.59. The van der Waals surface area contributed by atoms with E-state index in [4.69, 9.17) is 0 Å². The first-order chi connectivity index (χ1) is 26.2. The Hall–Kier alpha value is -6.55. The molecule has 0 spiro atoms. The van der Waals surface area contributed by atoms with Crippen molar-refractivity contribution in [2.45, 2.75) is 0 Å². The summed E-state index contributed by atoms with van der Waals surface area (Å²) in [4.78, 5) is 2.39. The minimum absolute atomic E-state index is 0.237. The van der Waals surface area contributed by atoms with E-state index in [-0.39, 0.29) is 5.82 Å². The van der Waals surface area contributed by atoms with Crippen molar-refractivity contribution in [2.75, 3.05) is 4.90 Å². The van der Waals surface area contributed by atoms with Gasteiger partial charge in [-0.2, -0.15) is 0 Å². The molecule has 10 aromatic rings. The number of hydrogen-bond donors (Lipinski definition) is 0. The Morgan fingerprint density at radius 3 is 1.85 bits per heavy atom. The van der Waals surface area contributed by atoms with Gasteiger partial charge in [0.2, 0.25) is 0 Å². The lowest BCUT2D eigenvalue weighted by Gasteiger charge is -2.28. The van der Waals surface area contributed by atoms with Gasteiger partial charge in [-0.05, 0) is 104 Å². The monoisotopic (exact) mass is 697 g/mol. The van der Waals surface area contributed by atoms with E-state index >= 15 is 0 Å². The fourth-order valence-electron chi connectivity index (χ4n) is 7.82. The number of benzene rings is 9. The number of para-hydroxylation sites is 1. The molecule has 1 aromatic heterocycles. The van der Waals surface area contributed by atoms with E-state index in [0.29, 0.717) is 0 Å². The van der Waals surface area contributed by atoms with E-state index in [2.05, 4.69) is 169 Å².